The summed E-state index contributed by atoms with van der Waals surface area (Å²) in [5.74, 6) is 1.21. The molecule has 0 aliphatic carbocycles. The van der Waals surface area contributed by atoms with Gasteiger partial charge in [-0.2, -0.15) is 0 Å². The molecule has 1 aromatic rings. The maximum absolute atomic E-state index is 6.38. The molecule has 0 aromatic heterocycles. The molecule has 3 nitrogen and oxygen atoms in total. The Morgan fingerprint density at radius 2 is 1.89 bits per heavy atom. The lowest BCUT2D eigenvalue weighted by Gasteiger charge is -2.25. The maximum Gasteiger partial charge on any atom is 0.123 e. The molecular formula is C16H28N2O. The SMILES string of the molecule is COc1ccc(C(C)(C)C)cc1C(N)C(C)CCN. The van der Waals surface area contributed by atoms with Crippen LogP contribution in [0.3, 0.4) is 0 Å². The van der Waals surface area contributed by atoms with E-state index in [9.17, 15) is 0 Å². The average molecular weight is 264 g/mol. The number of nitrogens with two attached hydrogens (primary N) is 2. The molecular weight excluding hydrogens is 236 g/mol. The molecule has 0 aliphatic rings. The molecule has 0 radical (unpaired) electrons. The summed E-state index contributed by atoms with van der Waals surface area (Å²) in [5, 5.41) is 0. The van der Waals surface area contributed by atoms with Crippen LogP contribution in [0.1, 0.15) is 51.3 Å². The van der Waals surface area contributed by atoms with E-state index in [2.05, 4.69) is 39.8 Å². The molecule has 0 saturated heterocycles. The Kier molecular flexibility index (Phi) is 5.39. The Balaban J connectivity index is 3.15. The highest BCUT2D eigenvalue weighted by atomic mass is 16.5. The molecule has 1 rings (SSSR count). The smallest absolute Gasteiger partial charge is 0.123 e. The van der Waals surface area contributed by atoms with Crippen LogP contribution in [0.15, 0.2) is 18.2 Å². The summed E-state index contributed by atoms with van der Waals surface area (Å²) in [7, 11) is 1.69. The molecule has 2 unspecified atom stereocenters. The molecule has 108 valence electrons. The van der Waals surface area contributed by atoms with Gasteiger partial charge in [-0.25, -0.2) is 0 Å². The summed E-state index contributed by atoms with van der Waals surface area (Å²) in [5.41, 5.74) is 14.5. The fourth-order valence-corrected chi connectivity index (χ4v) is 2.21. The fraction of sp³-hybridized carbons (Fsp3) is 0.625. The third-order valence-electron chi connectivity index (χ3n) is 3.69. The third-order valence-corrected chi connectivity index (χ3v) is 3.69. The normalized spacial score (nSPS) is 15.1. The fourth-order valence-electron chi connectivity index (χ4n) is 2.21. The first-order chi connectivity index (χ1) is 8.81. The van der Waals surface area contributed by atoms with Crippen LogP contribution in [0.5, 0.6) is 5.75 Å². The number of hydrogen-bond donors (Lipinski definition) is 2. The molecule has 4 N–H and O–H groups in total. The second-order valence-corrected chi connectivity index (χ2v) is 6.29. The van der Waals surface area contributed by atoms with Crippen LogP contribution in [0, 0.1) is 5.92 Å². The second kappa shape index (κ2) is 6.40. The minimum absolute atomic E-state index is 0.0409. The van der Waals surface area contributed by atoms with Crippen LogP contribution < -0.4 is 16.2 Å². The molecule has 0 fully saturated rings. The van der Waals surface area contributed by atoms with Gasteiger partial charge in [0.25, 0.3) is 0 Å². The lowest BCUT2D eigenvalue weighted by molar-refractivity contribution is 0.384. The molecule has 0 spiro atoms. The number of rotatable bonds is 5. The van der Waals surface area contributed by atoms with Crippen molar-refractivity contribution in [2.24, 2.45) is 17.4 Å². The lowest BCUT2D eigenvalue weighted by Crippen LogP contribution is -2.23. The molecule has 0 amide bonds. The minimum atomic E-state index is -0.0409. The Morgan fingerprint density at radius 1 is 1.26 bits per heavy atom. The first-order valence-electron chi connectivity index (χ1n) is 6.95. The Morgan fingerprint density at radius 3 is 2.37 bits per heavy atom. The highest BCUT2D eigenvalue weighted by Crippen LogP contribution is 2.33. The Bertz CT molecular complexity index is 410. The van der Waals surface area contributed by atoms with Crippen LogP contribution in [0.2, 0.25) is 0 Å². The van der Waals surface area contributed by atoms with E-state index in [1.165, 1.54) is 5.56 Å². The monoisotopic (exact) mass is 264 g/mol. The zero-order valence-electron chi connectivity index (χ0n) is 12.9. The number of ether oxygens (including phenoxy) is 1. The van der Waals surface area contributed by atoms with Gasteiger partial charge in [0.1, 0.15) is 5.75 Å². The van der Waals surface area contributed by atoms with Crippen molar-refractivity contribution in [3.63, 3.8) is 0 Å². The van der Waals surface area contributed by atoms with Gasteiger partial charge in [0.05, 0.1) is 7.11 Å². The molecule has 2 atom stereocenters. The summed E-state index contributed by atoms with van der Waals surface area (Å²) < 4.78 is 5.45. The quantitative estimate of drug-likeness (QED) is 0.859. The first-order valence-corrected chi connectivity index (χ1v) is 6.95. The van der Waals surface area contributed by atoms with Gasteiger partial charge in [0, 0.05) is 11.6 Å². The topological polar surface area (TPSA) is 61.3 Å². The van der Waals surface area contributed by atoms with Crippen LogP contribution in [0.4, 0.5) is 0 Å². The summed E-state index contributed by atoms with van der Waals surface area (Å²) in [4.78, 5) is 0. The van der Waals surface area contributed by atoms with Gasteiger partial charge in [-0.3, -0.25) is 0 Å². The van der Waals surface area contributed by atoms with Gasteiger partial charge >= 0.3 is 0 Å². The van der Waals surface area contributed by atoms with E-state index < -0.39 is 0 Å². The van der Waals surface area contributed by atoms with Gasteiger partial charge < -0.3 is 16.2 Å². The molecule has 0 bridgehead atoms. The number of hydrogen-bond acceptors (Lipinski definition) is 3. The van der Waals surface area contributed by atoms with Crippen molar-refractivity contribution in [1.29, 1.82) is 0 Å². The minimum Gasteiger partial charge on any atom is -0.496 e. The van der Waals surface area contributed by atoms with E-state index in [4.69, 9.17) is 16.2 Å². The van der Waals surface area contributed by atoms with Gasteiger partial charge in [-0.15, -0.1) is 0 Å². The van der Waals surface area contributed by atoms with E-state index >= 15 is 0 Å². The molecule has 0 heterocycles. The summed E-state index contributed by atoms with van der Waals surface area (Å²) in [6.45, 7) is 9.41. The number of benzene rings is 1. The average Bonchev–Trinajstić information content (AvgIpc) is 2.36. The van der Waals surface area contributed by atoms with E-state index in [1.54, 1.807) is 7.11 Å². The zero-order valence-corrected chi connectivity index (χ0v) is 12.9. The molecule has 0 saturated carbocycles. The second-order valence-electron chi connectivity index (χ2n) is 6.29. The van der Waals surface area contributed by atoms with Crippen molar-refractivity contribution in [3.8, 4) is 5.75 Å². The van der Waals surface area contributed by atoms with E-state index in [-0.39, 0.29) is 11.5 Å². The van der Waals surface area contributed by atoms with Crippen molar-refractivity contribution in [2.45, 2.75) is 45.6 Å². The molecule has 0 aliphatic heterocycles. The predicted octanol–water partition coefficient (Wildman–Crippen LogP) is 2.98. The summed E-state index contributed by atoms with van der Waals surface area (Å²) >= 11 is 0. The van der Waals surface area contributed by atoms with Crippen molar-refractivity contribution in [3.05, 3.63) is 29.3 Å². The molecule has 1 aromatic carbocycles. The van der Waals surface area contributed by atoms with Crippen molar-refractivity contribution < 1.29 is 4.74 Å². The highest BCUT2D eigenvalue weighted by Gasteiger charge is 2.21. The third kappa shape index (κ3) is 3.95. The Hall–Kier alpha value is -1.06. The van der Waals surface area contributed by atoms with Crippen molar-refractivity contribution in [1.82, 2.24) is 0 Å². The van der Waals surface area contributed by atoms with Crippen LogP contribution in [-0.2, 0) is 5.41 Å². The van der Waals surface area contributed by atoms with Gasteiger partial charge in [-0.05, 0) is 42.0 Å². The van der Waals surface area contributed by atoms with Crippen LogP contribution in [-0.4, -0.2) is 13.7 Å². The predicted molar refractivity (Wildman–Crippen MR) is 81.5 cm³/mol. The highest BCUT2D eigenvalue weighted by molar-refractivity contribution is 5.41. The standard InChI is InChI=1S/C16H28N2O/c1-11(8-9-17)15(18)13-10-12(16(2,3)4)6-7-14(13)19-5/h6-7,10-11,15H,8-9,17-18H2,1-5H3. The van der Waals surface area contributed by atoms with Crippen LogP contribution >= 0.6 is 0 Å². The number of methoxy groups -OCH3 is 1. The van der Waals surface area contributed by atoms with Gasteiger partial charge in [0.2, 0.25) is 0 Å². The molecule has 3 heteroatoms. The Labute approximate surface area is 117 Å². The van der Waals surface area contributed by atoms with E-state index in [1.807, 2.05) is 6.07 Å². The maximum atomic E-state index is 6.38. The zero-order chi connectivity index (χ0) is 14.6. The van der Waals surface area contributed by atoms with E-state index in [0.29, 0.717) is 12.5 Å². The van der Waals surface area contributed by atoms with Crippen molar-refractivity contribution in [2.75, 3.05) is 13.7 Å². The summed E-state index contributed by atoms with van der Waals surface area (Å²) in [6.07, 6.45) is 0.921. The first kappa shape index (κ1) is 16.0. The van der Waals surface area contributed by atoms with E-state index in [0.717, 1.165) is 17.7 Å². The van der Waals surface area contributed by atoms with Crippen molar-refractivity contribution >= 4 is 0 Å². The largest absolute Gasteiger partial charge is 0.496 e. The molecule has 19 heavy (non-hydrogen) atoms. The van der Waals surface area contributed by atoms with Gasteiger partial charge in [-0.1, -0.05) is 33.8 Å². The summed E-state index contributed by atoms with van der Waals surface area (Å²) in [6, 6.07) is 6.27. The van der Waals surface area contributed by atoms with Crippen LogP contribution in [0.25, 0.3) is 0 Å². The van der Waals surface area contributed by atoms with Gasteiger partial charge in [0.15, 0.2) is 0 Å². The lowest BCUT2D eigenvalue weighted by atomic mass is 9.83.